The number of methoxy groups -OCH3 is 1. The number of aryl methyl sites for hydroxylation is 1. The first-order valence-electron chi connectivity index (χ1n) is 9.03. The number of aromatic amines is 1. The lowest BCUT2D eigenvalue weighted by Gasteiger charge is -2.09. The topological polar surface area (TPSA) is 96.7 Å². The molecule has 2 aromatic heterocycles. The summed E-state index contributed by atoms with van der Waals surface area (Å²) in [4.78, 5) is 27.6. The lowest BCUT2D eigenvalue weighted by molar-refractivity contribution is 0.0694. The fourth-order valence-corrected chi connectivity index (χ4v) is 3.38. The van der Waals surface area contributed by atoms with Crippen LogP contribution in [0.4, 0.5) is 0 Å². The summed E-state index contributed by atoms with van der Waals surface area (Å²) in [6.45, 7) is 2.04. The van der Waals surface area contributed by atoms with Gasteiger partial charge in [0, 0.05) is 18.0 Å². The second-order valence-corrected chi connectivity index (χ2v) is 6.80. The van der Waals surface area contributed by atoms with Crippen molar-refractivity contribution in [2.45, 2.75) is 13.3 Å². The average Bonchev–Trinajstić information content (AvgIpc) is 3.15. The lowest BCUT2D eigenvalue weighted by Crippen LogP contribution is -2.22. The predicted molar refractivity (Wildman–Crippen MR) is 109 cm³/mol. The van der Waals surface area contributed by atoms with Crippen molar-refractivity contribution in [2.75, 3.05) is 7.11 Å². The summed E-state index contributed by atoms with van der Waals surface area (Å²) < 4.78 is 6.44. The van der Waals surface area contributed by atoms with E-state index < -0.39 is 11.5 Å². The lowest BCUT2D eigenvalue weighted by atomic mass is 9.97. The van der Waals surface area contributed by atoms with Crippen LogP contribution in [0.2, 0.25) is 0 Å². The number of hydrogen-bond donors (Lipinski definition) is 2. The van der Waals surface area contributed by atoms with Crippen molar-refractivity contribution < 1.29 is 14.6 Å². The van der Waals surface area contributed by atoms with Crippen molar-refractivity contribution in [3.8, 4) is 16.9 Å². The Balaban J connectivity index is 1.70. The van der Waals surface area contributed by atoms with Crippen molar-refractivity contribution in [2.24, 2.45) is 0 Å². The van der Waals surface area contributed by atoms with Crippen LogP contribution < -0.4 is 10.3 Å². The van der Waals surface area contributed by atoms with Gasteiger partial charge in [-0.3, -0.25) is 9.89 Å². The first-order chi connectivity index (χ1) is 14.0. The van der Waals surface area contributed by atoms with E-state index in [9.17, 15) is 9.59 Å². The maximum Gasteiger partial charge on any atom is 0.343 e. The zero-order valence-electron chi connectivity index (χ0n) is 16.0. The molecule has 0 atom stereocenters. The number of aromatic carboxylic acids is 1. The summed E-state index contributed by atoms with van der Waals surface area (Å²) >= 11 is 0. The maximum atomic E-state index is 12.3. The van der Waals surface area contributed by atoms with E-state index in [4.69, 9.17) is 9.84 Å². The molecule has 29 heavy (non-hydrogen) atoms. The van der Waals surface area contributed by atoms with Gasteiger partial charge in [-0.25, -0.2) is 14.3 Å². The Bertz CT molecular complexity index is 1290. The number of fused-ring (bicyclic) bond motifs is 1. The quantitative estimate of drug-likeness (QED) is 0.546. The number of carbonyl (C=O) groups is 1. The van der Waals surface area contributed by atoms with Gasteiger partial charge >= 0.3 is 5.97 Å². The first-order valence-corrected chi connectivity index (χ1v) is 9.03. The van der Waals surface area contributed by atoms with Crippen LogP contribution in [0.15, 0.2) is 59.7 Å². The van der Waals surface area contributed by atoms with E-state index >= 15 is 0 Å². The van der Waals surface area contributed by atoms with Crippen LogP contribution in [-0.4, -0.2) is 32.8 Å². The van der Waals surface area contributed by atoms with Gasteiger partial charge in [0.25, 0.3) is 5.56 Å². The second kappa shape index (κ2) is 7.27. The monoisotopic (exact) mass is 389 g/mol. The molecule has 0 aliphatic heterocycles. The van der Waals surface area contributed by atoms with Crippen LogP contribution in [0.3, 0.4) is 0 Å². The number of ether oxygens (including phenoxy) is 1. The molecule has 0 amide bonds. The molecule has 7 heteroatoms. The van der Waals surface area contributed by atoms with Gasteiger partial charge in [0.1, 0.15) is 11.3 Å². The Morgan fingerprint density at radius 3 is 2.79 bits per heavy atom. The van der Waals surface area contributed by atoms with E-state index in [1.165, 1.54) is 5.56 Å². The third-order valence-corrected chi connectivity index (χ3v) is 4.95. The van der Waals surface area contributed by atoms with Crippen molar-refractivity contribution in [1.82, 2.24) is 14.6 Å². The van der Waals surface area contributed by atoms with Gasteiger partial charge in [-0.05, 0) is 47.7 Å². The molecule has 4 rings (SSSR count). The number of hydrogen-bond acceptors (Lipinski definition) is 4. The number of aromatic nitrogens is 3. The molecule has 0 bridgehead atoms. The third kappa shape index (κ3) is 3.38. The highest BCUT2D eigenvalue weighted by Crippen LogP contribution is 2.26. The van der Waals surface area contributed by atoms with E-state index in [1.54, 1.807) is 13.3 Å². The molecule has 146 valence electrons. The normalized spacial score (nSPS) is 11.0. The summed E-state index contributed by atoms with van der Waals surface area (Å²) in [5, 5.41) is 11.9. The van der Waals surface area contributed by atoms with Crippen molar-refractivity contribution >= 4 is 11.6 Å². The van der Waals surface area contributed by atoms with Crippen LogP contribution in [0, 0.1) is 6.92 Å². The Labute approximate surface area is 166 Å². The third-order valence-electron chi connectivity index (χ3n) is 4.95. The number of nitrogens with one attached hydrogen (secondary N) is 1. The molecule has 0 saturated heterocycles. The summed E-state index contributed by atoms with van der Waals surface area (Å²) in [6.07, 6.45) is 3.53. The molecule has 0 aliphatic rings. The highest BCUT2D eigenvalue weighted by atomic mass is 16.5. The minimum absolute atomic E-state index is 0.374. The summed E-state index contributed by atoms with van der Waals surface area (Å²) in [5.74, 6) is -0.474. The number of carboxylic acid groups (broad SMARTS) is 1. The number of carboxylic acids is 1. The number of rotatable bonds is 5. The SMILES string of the molecule is COc1cccc(Cc2ccc(-c3c[nH]n4c(=O)c(C(=O)O)cnc34)cc2C)c1. The van der Waals surface area contributed by atoms with E-state index in [2.05, 4.69) is 22.2 Å². The average molecular weight is 389 g/mol. The fraction of sp³-hybridized carbons (Fsp3) is 0.136. The van der Waals surface area contributed by atoms with Crippen LogP contribution in [0.1, 0.15) is 27.0 Å². The number of nitrogens with zero attached hydrogens (tertiary/aromatic N) is 2. The molecule has 0 spiro atoms. The van der Waals surface area contributed by atoms with Gasteiger partial charge < -0.3 is 9.84 Å². The highest BCUT2D eigenvalue weighted by molar-refractivity contribution is 5.87. The van der Waals surface area contributed by atoms with E-state index in [0.717, 1.165) is 45.1 Å². The Morgan fingerprint density at radius 2 is 2.07 bits per heavy atom. The summed E-state index contributed by atoms with van der Waals surface area (Å²) in [6, 6.07) is 14.0. The van der Waals surface area contributed by atoms with Gasteiger partial charge in [0.2, 0.25) is 0 Å². The maximum absolute atomic E-state index is 12.3. The van der Waals surface area contributed by atoms with Gasteiger partial charge in [-0.1, -0.05) is 30.3 Å². The molecular weight excluding hydrogens is 370 g/mol. The standard InChI is InChI=1S/C22H19N3O4/c1-13-8-16(7-6-15(13)9-14-4-3-5-17(10-14)29-2)18-12-24-25-20(18)23-11-19(21(25)26)22(27)28/h3-8,10-12,24H,9H2,1-2H3,(H,27,28). The largest absolute Gasteiger partial charge is 0.497 e. The Hall–Kier alpha value is -3.87. The molecule has 2 N–H and O–H groups in total. The molecule has 2 aromatic carbocycles. The van der Waals surface area contributed by atoms with Crippen molar-refractivity contribution in [3.63, 3.8) is 0 Å². The van der Waals surface area contributed by atoms with Crippen LogP contribution in [0.5, 0.6) is 5.75 Å². The molecule has 7 nitrogen and oxygen atoms in total. The van der Waals surface area contributed by atoms with Gasteiger partial charge in [0.15, 0.2) is 5.65 Å². The summed E-state index contributed by atoms with van der Waals surface area (Å²) in [7, 11) is 1.65. The fourth-order valence-electron chi connectivity index (χ4n) is 3.38. The number of benzene rings is 2. The Morgan fingerprint density at radius 1 is 1.24 bits per heavy atom. The van der Waals surface area contributed by atoms with Crippen molar-refractivity contribution in [1.29, 1.82) is 0 Å². The molecule has 0 unspecified atom stereocenters. The summed E-state index contributed by atoms with van der Waals surface area (Å²) in [5.41, 5.74) is 4.44. The molecular formula is C22H19N3O4. The second-order valence-electron chi connectivity index (χ2n) is 6.80. The number of H-pyrrole nitrogens is 1. The molecule has 0 saturated carbocycles. The molecule has 4 aromatic rings. The van der Waals surface area contributed by atoms with Gasteiger partial charge in [-0.2, -0.15) is 0 Å². The molecule has 0 fully saturated rings. The smallest absolute Gasteiger partial charge is 0.343 e. The van der Waals surface area contributed by atoms with Crippen LogP contribution in [0.25, 0.3) is 16.8 Å². The first kappa shape index (κ1) is 18.5. The highest BCUT2D eigenvalue weighted by Gasteiger charge is 2.16. The Kier molecular flexibility index (Phi) is 4.64. The van der Waals surface area contributed by atoms with Crippen LogP contribution in [-0.2, 0) is 6.42 Å². The van der Waals surface area contributed by atoms with E-state index in [0.29, 0.717) is 5.65 Å². The van der Waals surface area contributed by atoms with Gasteiger partial charge in [-0.15, -0.1) is 0 Å². The van der Waals surface area contributed by atoms with E-state index in [-0.39, 0.29) is 5.56 Å². The predicted octanol–water partition coefficient (Wildman–Crippen LogP) is 3.30. The molecule has 0 aliphatic carbocycles. The zero-order valence-corrected chi connectivity index (χ0v) is 16.0. The zero-order chi connectivity index (χ0) is 20.5. The minimum atomic E-state index is -1.30. The van der Waals surface area contributed by atoms with Gasteiger partial charge in [0.05, 0.1) is 7.11 Å². The van der Waals surface area contributed by atoms with Crippen molar-refractivity contribution in [3.05, 3.63) is 87.5 Å². The van der Waals surface area contributed by atoms with E-state index in [1.807, 2.05) is 37.3 Å². The van der Waals surface area contributed by atoms with Crippen LogP contribution >= 0.6 is 0 Å². The molecule has 2 heterocycles. The molecule has 0 radical (unpaired) electrons. The minimum Gasteiger partial charge on any atom is -0.497 e.